The van der Waals surface area contributed by atoms with Crippen LogP contribution in [0.3, 0.4) is 0 Å². The lowest BCUT2D eigenvalue weighted by molar-refractivity contribution is -0.126. The monoisotopic (exact) mass is 370 g/mol. The van der Waals surface area contributed by atoms with Gasteiger partial charge in [0, 0.05) is 26.1 Å². The van der Waals surface area contributed by atoms with E-state index < -0.39 is 12.6 Å². The summed E-state index contributed by atoms with van der Waals surface area (Å²) in [6, 6.07) is 19.8. The fourth-order valence-corrected chi connectivity index (χ4v) is 4.36. The Hall–Kier alpha value is -2.66. The van der Waals surface area contributed by atoms with E-state index in [-0.39, 0.29) is 16.2 Å². The first-order valence-electron chi connectivity index (χ1n) is 8.03. The van der Waals surface area contributed by atoms with Gasteiger partial charge in [-0.2, -0.15) is 13.2 Å². The van der Waals surface area contributed by atoms with E-state index in [2.05, 4.69) is 0 Å². The highest BCUT2D eigenvalue weighted by atomic mass is 32.1. The van der Waals surface area contributed by atoms with Gasteiger partial charge in [0.05, 0.1) is 6.42 Å². The number of hydrogen-bond donors (Lipinski definition) is 0. The highest BCUT2D eigenvalue weighted by molar-refractivity contribution is 7.19. The summed E-state index contributed by atoms with van der Waals surface area (Å²) in [6.45, 7) is 0. The summed E-state index contributed by atoms with van der Waals surface area (Å²) in [5.41, 5.74) is 0.564. The molecule has 1 heterocycles. The van der Waals surface area contributed by atoms with Gasteiger partial charge in [0.1, 0.15) is 0 Å². The van der Waals surface area contributed by atoms with Gasteiger partial charge in [-0.1, -0.05) is 54.6 Å². The zero-order valence-electron chi connectivity index (χ0n) is 13.5. The molecule has 0 fully saturated rings. The van der Waals surface area contributed by atoms with Gasteiger partial charge in [0.2, 0.25) is 0 Å². The molecule has 26 heavy (non-hydrogen) atoms. The summed E-state index contributed by atoms with van der Waals surface area (Å²) in [5.74, 6) is -0.368. The lowest BCUT2D eigenvalue weighted by Crippen LogP contribution is -2.13. The molecular formula is C21H13F3OS. The maximum Gasteiger partial charge on any atom is 0.393 e. The molecule has 4 aromatic rings. The number of ketones is 1. The Morgan fingerprint density at radius 3 is 2.35 bits per heavy atom. The largest absolute Gasteiger partial charge is 0.393 e. The van der Waals surface area contributed by atoms with Crippen LogP contribution in [-0.4, -0.2) is 12.0 Å². The van der Waals surface area contributed by atoms with Crippen molar-refractivity contribution in [2.45, 2.75) is 12.6 Å². The van der Waals surface area contributed by atoms with Crippen molar-refractivity contribution in [2.75, 3.05) is 0 Å². The summed E-state index contributed by atoms with van der Waals surface area (Å²) in [6.07, 6.45) is -5.46. The average molecular weight is 370 g/mol. The fraction of sp³-hybridized carbons (Fsp3) is 0.0952. The first-order valence-corrected chi connectivity index (χ1v) is 8.85. The molecule has 1 nitrogen and oxygen atoms in total. The van der Waals surface area contributed by atoms with Gasteiger partial charge in [-0.3, -0.25) is 4.79 Å². The number of benzene rings is 3. The summed E-state index contributed by atoms with van der Waals surface area (Å²) < 4.78 is 39.7. The van der Waals surface area contributed by atoms with Crippen LogP contribution in [0.1, 0.15) is 20.8 Å². The van der Waals surface area contributed by atoms with Gasteiger partial charge >= 0.3 is 6.18 Å². The van der Waals surface area contributed by atoms with Gasteiger partial charge in [-0.15, -0.1) is 11.3 Å². The first-order chi connectivity index (χ1) is 12.4. The molecule has 0 spiro atoms. The maximum absolute atomic E-state index is 13.1. The maximum atomic E-state index is 13.1. The molecule has 0 amide bonds. The second kappa shape index (κ2) is 6.25. The quantitative estimate of drug-likeness (QED) is 0.382. The highest BCUT2D eigenvalue weighted by Gasteiger charge is 2.32. The molecule has 0 aliphatic heterocycles. The predicted molar refractivity (Wildman–Crippen MR) is 99.0 cm³/mol. The summed E-state index contributed by atoms with van der Waals surface area (Å²) in [7, 11) is 0. The van der Waals surface area contributed by atoms with Gasteiger partial charge in [0.25, 0.3) is 0 Å². The van der Waals surface area contributed by atoms with Crippen LogP contribution in [0.25, 0.3) is 20.9 Å². The van der Waals surface area contributed by atoms with Crippen molar-refractivity contribution < 1.29 is 18.0 Å². The van der Waals surface area contributed by atoms with E-state index in [0.717, 1.165) is 22.1 Å². The predicted octanol–water partition coefficient (Wildman–Crippen LogP) is 6.39. The third kappa shape index (κ3) is 3.10. The number of halogens is 3. The Balaban J connectivity index is 1.88. The van der Waals surface area contributed by atoms with Crippen LogP contribution < -0.4 is 0 Å². The number of thiophene rings is 1. The van der Waals surface area contributed by atoms with Crippen molar-refractivity contribution in [3.05, 3.63) is 82.7 Å². The van der Waals surface area contributed by atoms with Gasteiger partial charge in [0.15, 0.2) is 5.78 Å². The van der Waals surface area contributed by atoms with Crippen molar-refractivity contribution in [2.24, 2.45) is 0 Å². The molecule has 5 heteroatoms. The Morgan fingerprint density at radius 1 is 0.885 bits per heavy atom. The third-order valence-electron chi connectivity index (χ3n) is 4.27. The molecule has 0 bridgehead atoms. The zero-order valence-corrected chi connectivity index (χ0v) is 14.3. The lowest BCUT2D eigenvalue weighted by Gasteiger charge is -2.08. The molecule has 0 aliphatic carbocycles. The zero-order chi connectivity index (χ0) is 18.3. The van der Waals surface area contributed by atoms with Gasteiger partial charge < -0.3 is 0 Å². The molecule has 1 aromatic heterocycles. The molecule has 0 saturated carbocycles. The first kappa shape index (κ1) is 16.8. The SMILES string of the molecule is O=C(c1ccc2ccccc2c1)c1c(CC(F)(F)F)sc2ccccc12. The van der Waals surface area contributed by atoms with Crippen molar-refractivity contribution in [3.8, 4) is 0 Å². The number of fused-ring (bicyclic) bond motifs is 2. The van der Waals surface area contributed by atoms with Crippen molar-refractivity contribution >= 4 is 38.0 Å². The molecule has 4 rings (SSSR count). The Kier molecular flexibility index (Phi) is 4.04. The second-order valence-corrected chi connectivity index (χ2v) is 7.22. The van der Waals surface area contributed by atoms with Crippen molar-refractivity contribution in [3.63, 3.8) is 0 Å². The number of alkyl halides is 3. The van der Waals surface area contributed by atoms with E-state index in [9.17, 15) is 18.0 Å². The smallest absolute Gasteiger partial charge is 0.289 e. The highest BCUT2D eigenvalue weighted by Crippen LogP contribution is 2.37. The standard InChI is InChI=1S/C21H13F3OS/c22-21(23,24)12-18-19(16-7-3-4-8-17(16)26-18)20(25)15-10-9-13-5-1-2-6-14(13)11-15/h1-11H,12H2. The third-order valence-corrected chi connectivity index (χ3v) is 5.44. The minimum atomic E-state index is -4.36. The van der Waals surface area contributed by atoms with Crippen molar-refractivity contribution in [1.82, 2.24) is 0 Å². The van der Waals surface area contributed by atoms with Crippen LogP contribution in [0.5, 0.6) is 0 Å². The minimum absolute atomic E-state index is 0.0665. The van der Waals surface area contributed by atoms with Crippen LogP contribution in [-0.2, 0) is 6.42 Å². The second-order valence-electron chi connectivity index (χ2n) is 6.08. The Bertz CT molecular complexity index is 1120. The molecular weight excluding hydrogens is 357 g/mol. The van der Waals surface area contributed by atoms with Crippen LogP contribution in [0.2, 0.25) is 0 Å². The van der Waals surface area contributed by atoms with E-state index in [1.54, 1.807) is 36.4 Å². The van der Waals surface area contributed by atoms with E-state index >= 15 is 0 Å². The molecule has 0 unspecified atom stereocenters. The number of carbonyl (C=O) groups is 1. The Labute approximate surface area is 151 Å². The molecule has 0 saturated heterocycles. The summed E-state index contributed by atoms with van der Waals surface area (Å²) in [5, 5.41) is 2.44. The molecule has 3 aromatic carbocycles. The normalized spacial score (nSPS) is 12.0. The fourth-order valence-electron chi connectivity index (χ4n) is 3.13. The topological polar surface area (TPSA) is 17.1 Å². The number of hydrogen-bond acceptors (Lipinski definition) is 2. The summed E-state index contributed by atoms with van der Waals surface area (Å²) in [4.78, 5) is 13.2. The average Bonchev–Trinajstić information content (AvgIpc) is 2.96. The minimum Gasteiger partial charge on any atom is -0.289 e. The lowest BCUT2D eigenvalue weighted by atomic mass is 9.97. The number of carbonyl (C=O) groups excluding carboxylic acids is 1. The molecule has 0 N–H and O–H groups in total. The molecule has 0 atom stereocenters. The van der Waals surface area contributed by atoms with Crippen molar-refractivity contribution in [1.29, 1.82) is 0 Å². The van der Waals surface area contributed by atoms with Crippen LogP contribution in [0, 0.1) is 0 Å². The van der Waals surface area contributed by atoms with E-state index in [1.165, 1.54) is 0 Å². The Morgan fingerprint density at radius 2 is 1.58 bits per heavy atom. The molecule has 0 radical (unpaired) electrons. The van der Waals surface area contributed by atoms with E-state index in [4.69, 9.17) is 0 Å². The number of rotatable bonds is 3. The van der Waals surface area contributed by atoms with E-state index in [1.807, 2.05) is 30.3 Å². The molecule has 0 aliphatic rings. The van der Waals surface area contributed by atoms with Crippen LogP contribution in [0.4, 0.5) is 13.2 Å². The van der Waals surface area contributed by atoms with Gasteiger partial charge in [-0.05, 0) is 22.9 Å². The van der Waals surface area contributed by atoms with Crippen LogP contribution in [0.15, 0.2) is 66.7 Å². The van der Waals surface area contributed by atoms with E-state index in [0.29, 0.717) is 15.6 Å². The van der Waals surface area contributed by atoms with Crippen LogP contribution >= 0.6 is 11.3 Å². The summed E-state index contributed by atoms with van der Waals surface area (Å²) >= 11 is 1.04. The van der Waals surface area contributed by atoms with Gasteiger partial charge in [-0.25, -0.2) is 0 Å². The molecule has 130 valence electrons.